The van der Waals surface area contributed by atoms with Gasteiger partial charge in [0.2, 0.25) is 5.91 Å². The van der Waals surface area contributed by atoms with Gasteiger partial charge >= 0.3 is 0 Å². The molecule has 2 aromatic rings. The maximum atomic E-state index is 14.5. The molecule has 30 heavy (non-hydrogen) atoms. The maximum Gasteiger partial charge on any atom is 0.256 e. The van der Waals surface area contributed by atoms with E-state index in [1.165, 1.54) is 17.0 Å². The molecule has 0 atom stereocenters. The third-order valence-corrected chi connectivity index (χ3v) is 5.35. The zero-order chi connectivity index (χ0) is 21.8. The minimum absolute atomic E-state index is 0.0193. The number of benzene rings is 2. The molecule has 3 rings (SSSR count). The number of anilines is 2. The Morgan fingerprint density at radius 1 is 1.17 bits per heavy atom. The molecule has 1 aliphatic rings. The number of likely N-dealkylation sites (tertiary alicyclic amines) is 1. The Kier molecular flexibility index (Phi) is 7.01. The summed E-state index contributed by atoms with van der Waals surface area (Å²) < 4.78 is 43.1. The molecule has 9 heteroatoms. The smallest absolute Gasteiger partial charge is 0.256 e. The minimum atomic E-state index is -1.26. The molecule has 1 saturated heterocycles. The predicted molar refractivity (Wildman–Crippen MR) is 116 cm³/mol. The average molecular weight is 529 g/mol. The van der Waals surface area contributed by atoms with Gasteiger partial charge < -0.3 is 15.5 Å². The normalized spacial score (nSPS) is 13.5. The van der Waals surface area contributed by atoms with Gasteiger partial charge in [0.15, 0.2) is 11.6 Å². The molecule has 2 amide bonds. The first-order valence-corrected chi connectivity index (χ1v) is 10.2. The second kappa shape index (κ2) is 9.50. The molecule has 1 aliphatic heterocycles. The largest absolute Gasteiger partial charge is 0.353 e. The fraction of sp³-hybridized carbons (Fsp3) is 0.238. The molecule has 0 spiro atoms. The van der Waals surface area contributed by atoms with Crippen molar-refractivity contribution in [2.24, 2.45) is 5.92 Å². The highest BCUT2D eigenvalue weighted by atomic mass is 127. The molecule has 1 fully saturated rings. The van der Waals surface area contributed by atoms with Crippen LogP contribution in [0.25, 0.3) is 0 Å². The van der Waals surface area contributed by atoms with Gasteiger partial charge in [-0.1, -0.05) is 6.08 Å². The summed E-state index contributed by atoms with van der Waals surface area (Å²) in [6.07, 6.45) is 1.83. The summed E-state index contributed by atoms with van der Waals surface area (Å²) in [7, 11) is 0. The van der Waals surface area contributed by atoms with Gasteiger partial charge in [-0.25, -0.2) is 13.2 Å². The van der Waals surface area contributed by atoms with Crippen molar-refractivity contribution < 1.29 is 22.8 Å². The number of hydrogen-bond acceptors (Lipinski definition) is 3. The molecule has 5 nitrogen and oxygen atoms in total. The number of nitrogens with zero attached hydrogens (tertiary/aromatic N) is 1. The molecule has 0 bridgehead atoms. The van der Waals surface area contributed by atoms with Gasteiger partial charge in [0, 0.05) is 35.5 Å². The van der Waals surface area contributed by atoms with Gasteiger partial charge in [-0.2, -0.15) is 0 Å². The Balaban J connectivity index is 1.75. The van der Waals surface area contributed by atoms with Gasteiger partial charge in [0.05, 0.1) is 16.9 Å². The molecule has 0 saturated carbocycles. The number of amides is 2. The first kappa shape index (κ1) is 22.1. The number of nitrogens with one attached hydrogen (secondary N) is 2. The molecule has 0 unspecified atom stereocenters. The van der Waals surface area contributed by atoms with Crippen molar-refractivity contribution in [1.29, 1.82) is 0 Å². The van der Waals surface area contributed by atoms with Crippen LogP contribution in [0, 0.1) is 26.9 Å². The van der Waals surface area contributed by atoms with Crippen LogP contribution in [0.5, 0.6) is 0 Å². The summed E-state index contributed by atoms with van der Waals surface area (Å²) in [6, 6.07) is 6.24. The van der Waals surface area contributed by atoms with Crippen LogP contribution in [0.3, 0.4) is 0 Å². The lowest BCUT2D eigenvalue weighted by atomic mass is 9.94. The number of halogens is 4. The first-order valence-electron chi connectivity index (χ1n) is 9.17. The van der Waals surface area contributed by atoms with Gasteiger partial charge in [0.25, 0.3) is 5.91 Å². The van der Waals surface area contributed by atoms with Gasteiger partial charge in [0.1, 0.15) is 5.82 Å². The van der Waals surface area contributed by atoms with Crippen LogP contribution in [-0.2, 0) is 4.79 Å². The van der Waals surface area contributed by atoms with E-state index in [2.05, 4.69) is 17.2 Å². The van der Waals surface area contributed by atoms with Crippen molar-refractivity contribution in [3.05, 3.63) is 69.6 Å². The topological polar surface area (TPSA) is 61.4 Å². The van der Waals surface area contributed by atoms with Crippen LogP contribution in [0.2, 0.25) is 0 Å². The highest BCUT2D eigenvalue weighted by Crippen LogP contribution is 2.31. The van der Waals surface area contributed by atoms with E-state index in [1.807, 2.05) is 22.6 Å². The van der Waals surface area contributed by atoms with E-state index in [-0.39, 0.29) is 29.5 Å². The average Bonchev–Trinajstić information content (AvgIpc) is 2.67. The van der Waals surface area contributed by atoms with Crippen molar-refractivity contribution in [3.63, 3.8) is 0 Å². The SMILES string of the molecule is C=CCNC(=O)CC1CN(C(=O)c2ccc(F)c(F)c2Nc2ccc(I)cc2F)C1. The zero-order valence-electron chi connectivity index (χ0n) is 15.9. The van der Waals surface area contributed by atoms with Crippen molar-refractivity contribution in [3.8, 4) is 0 Å². The number of rotatable bonds is 7. The van der Waals surface area contributed by atoms with Crippen LogP contribution in [0.15, 0.2) is 43.0 Å². The molecule has 0 aliphatic carbocycles. The van der Waals surface area contributed by atoms with E-state index in [1.54, 1.807) is 12.1 Å². The Labute approximate surface area is 185 Å². The summed E-state index contributed by atoms with van der Waals surface area (Å²) in [5.41, 5.74) is -0.608. The number of carbonyl (C=O) groups excluding carboxylic acids is 2. The molecule has 2 aromatic carbocycles. The third-order valence-electron chi connectivity index (χ3n) is 4.68. The summed E-state index contributed by atoms with van der Waals surface area (Å²) in [5.74, 6) is -3.76. The predicted octanol–water partition coefficient (Wildman–Crippen LogP) is 4.22. The van der Waals surface area contributed by atoms with Crippen molar-refractivity contribution >= 4 is 45.8 Å². The van der Waals surface area contributed by atoms with E-state index in [4.69, 9.17) is 0 Å². The second-order valence-corrected chi connectivity index (χ2v) is 8.15. The standard InChI is InChI=1S/C21H19F3IN3O2/c1-2-7-26-18(29)8-12-10-28(11-12)21(30)14-4-5-15(22)19(24)20(14)27-17-6-3-13(25)9-16(17)23/h2-6,9,12,27H,1,7-8,10-11H2,(H,26,29). The van der Waals surface area contributed by atoms with E-state index in [0.717, 1.165) is 12.1 Å². The Morgan fingerprint density at radius 2 is 1.90 bits per heavy atom. The molecule has 0 radical (unpaired) electrons. The zero-order valence-corrected chi connectivity index (χ0v) is 18.0. The summed E-state index contributed by atoms with van der Waals surface area (Å²) in [5, 5.41) is 5.18. The van der Waals surface area contributed by atoms with Crippen molar-refractivity contribution in [2.75, 3.05) is 25.0 Å². The maximum absolute atomic E-state index is 14.5. The summed E-state index contributed by atoms with van der Waals surface area (Å²) >= 11 is 1.92. The van der Waals surface area contributed by atoms with Crippen molar-refractivity contribution in [2.45, 2.75) is 6.42 Å². The Bertz CT molecular complexity index is 994. The minimum Gasteiger partial charge on any atom is -0.353 e. The van der Waals surface area contributed by atoms with E-state index in [9.17, 15) is 22.8 Å². The van der Waals surface area contributed by atoms with Crippen LogP contribution >= 0.6 is 22.6 Å². The lowest BCUT2D eigenvalue weighted by Gasteiger charge is -2.39. The second-order valence-electron chi connectivity index (χ2n) is 6.91. The van der Waals surface area contributed by atoms with Crippen LogP contribution in [-0.4, -0.2) is 36.3 Å². The van der Waals surface area contributed by atoms with E-state index < -0.39 is 29.0 Å². The third kappa shape index (κ3) is 4.94. The highest BCUT2D eigenvalue weighted by molar-refractivity contribution is 14.1. The highest BCUT2D eigenvalue weighted by Gasteiger charge is 2.34. The van der Waals surface area contributed by atoms with Gasteiger partial charge in [-0.15, -0.1) is 6.58 Å². The monoisotopic (exact) mass is 529 g/mol. The van der Waals surface area contributed by atoms with Crippen LogP contribution in [0.4, 0.5) is 24.5 Å². The van der Waals surface area contributed by atoms with Crippen LogP contribution in [0.1, 0.15) is 16.8 Å². The van der Waals surface area contributed by atoms with Gasteiger partial charge in [-0.3, -0.25) is 9.59 Å². The summed E-state index contributed by atoms with van der Waals surface area (Å²) in [4.78, 5) is 26.0. The molecule has 1 heterocycles. The summed E-state index contributed by atoms with van der Waals surface area (Å²) in [6.45, 7) is 4.52. The lowest BCUT2D eigenvalue weighted by Crippen LogP contribution is -2.51. The van der Waals surface area contributed by atoms with Crippen LogP contribution < -0.4 is 10.6 Å². The Hall–Kier alpha value is -2.56. The fourth-order valence-corrected chi connectivity index (χ4v) is 3.59. The quantitative estimate of drug-likeness (QED) is 0.418. The molecule has 158 valence electrons. The number of hydrogen-bond donors (Lipinski definition) is 2. The van der Waals surface area contributed by atoms with E-state index in [0.29, 0.717) is 23.2 Å². The lowest BCUT2D eigenvalue weighted by molar-refractivity contribution is -0.122. The molecular weight excluding hydrogens is 510 g/mol. The fourth-order valence-electron chi connectivity index (χ4n) is 3.13. The molecular formula is C21H19F3IN3O2. The molecule has 0 aromatic heterocycles. The number of carbonyl (C=O) groups is 2. The Morgan fingerprint density at radius 3 is 2.57 bits per heavy atom. The van der Waals surface area contributed by atoms with Crippen molar-refractivity contribution in [1.82, 2.24) is 10.2 Å². The van der Waals surface area contributed by atoms with E-state index >= 15 is 0 Å². The molecule has 2 N–H and O–H groups in total. The first-order chi connectivity index (χ1) is 14.3. The van der Waals surface area contributed by atoms with Gasteiger partial charge in [-0.05, 0) is 52.9 Å².